The normalized spacial score (nSPS) is 14.1. The molecule has 2 aromatic rings. The molecule has 1 saturated heterocycles. The Morgan fingerprint density at radius 1 is 1.22 bits per heavy atom. The minimum absolute atomic E-state index is 0.0628. The van der Waals surface area contributed by atoms with Gasteiger partial charge < -0.3 is 14.5 Å². The molecule has 0 radical (unpaired) electrons. The molecule has 3 rings (SSSR count). The SMILES string of the molecule is O=C(OCC(=O)N1CCN(c2ccc(Cl)cc2[N+](=O)[O-])CC1)c1cccs1. The second kappa shape index (κ2) is 8.36. The molecule has 10 heteroatoms. The Balaban J connectivity index is 1.55. The number of thiophene rings is 1. The molecule has 1 aromatic carbocycles. The smallest absolute Gasteiger partial charge is 0.348 e. The summed E-state index contributed by atoms with van der Waals surface area (Å²) in [5, 5.41) is 13.3. The summed E-state index contributed by atoms with van der Waals surface area (Å²) in [6, 6.07) is 7.90. The van der Waals surface area contributed by atoms with Crippen LogP contribution >= 0.6 is 22.9 Å². The van der Waals surface area contributed by atoms with Crippen molar-refractivity contribution in [3.05, 3.63) is 55.7 Å². The number of anilines is 1. The molecule has 0 unspecified atom stereocenters. The number of amides is 1. The van der Waals surface area contributed by atoms with Gasteiger partial charge in [-0.25, -0.2) is 4.79 Å². The average Bonchev–Trinajstić information content (AvgIpc) is 3.21. The van der Waals surface area contributed by atoms with Gasteiger partial charge in [0.2, 0.25) is 0 Å². The van der Waals surface area contributed by atoms with Gasteiger partial charge >= 0.3 is 5.97 Å². The summed E-state index contributed by atoms with van der Waals surface area (Å²) >= 11 is 7.10. The van der Waals surface area contributed by atoms with Crippen LogP contribution in [-0.2, 0) is 9.53 Å². The number of benzene rings is 1. The lowest BCUT2D eigenvalue weighted by Crippen LogP contribution is -2.50. The zero-order valence-corrected chi connectivity index (χ0v) is 15.7. The van der Waals surface area contributed by atoms with Crippen LogP contribution in [0.1, 0.15) is 9.67 Å². The van der Waals surface area contributed by atoms with Crippen molar-refractivity contribution < 1.29 is 19.2 Å². The van der Waals surface area contributed by atoms with Crippen LogP contribution in [0.5, 0.6) is 0 Å². The Kier molecular flexibility index (Phi) is 5.92. The highest BCUT2D eigenvalue weighted by molar-refractivity contribution is 7.11. The number of rotatable bonds is 5. The molecule has 1 aliphatic rings. The summed E-state index contributed by atoms with van der Waals surface area (Å²) < 4.78 is 5.04. The quantitative estimate of drug-likeness (QED) is 0.428. The van der Waals surface area contributed by atoms with Gasteiger partial charge in [0.15, 0.2) is 6.61 Å². The summed E-state index contributed by atoms with van der Waals surface area (Å²) in [5.41, 5.74) is 0.410. The maximum absolute atomic E-state index is 12.2. The van der Waals surface area contributed by atoms with Gasteiger partial charge in [0, 0.05) is 37.3 Å². The van der Waals surface area contributed by atoms with Gasteiger partial charge in [-0.15, -0.1) is 11.3 Å². The highest BCUT2D eigenvalue weighted by Gasteiger charge is 2.26. The van der Waals surface area contributed by atoms with Crippen LogP contribution in [0.25, 0.3) is 0 Å². The first-order valence-electron chi connectivity index (χ1n) is 8.13. The molecule has 0 N–H and O–H groups in total. The average molecular weight is 410 g/mol. The highest BCUT2D eigenvalue weighted by atomic mass is 35.5. The number of carbonyl (C=O) groups is 2. The largest absolute Gasteiger partial charge is 0.451 e. The van der Waals surface area contributed by atoms with Crippen LogP contribution in [0.3, 0.4) is 0 Å². The third kappa shape index (κ3) is 4.55. The lowest BCUT2D eigenvalue weighted by Gasteiger charge is -2.35. The Morgan fingerprint density at radius 2 is 1.96 bits per heavy atom. The minimum atomic E-state index is -0.520. The first-order chi connectivity index (χ1) is 13.0. The molecule has 0 bridgehead atoms. The van der Waals surface area contributed by atoms with E-state index in [1.807, 2.05) is 4.90 Å². The van der Waals surface area contributed by atoms with Crippen LogP contribution < -0.4 is 4.90 Å². The molecule has 142 valence electrons. The van der Waals surface area contributed by atoms with E-state index in [1.54, 1.807) is 34.5 Å². The maximum Gasteiger partial charge on any atom is 0.348 e. The standard InChI is InChI=1S/C17H16ClN3O5S/c18-12-3-4-13(14(10-12)21(24)25)19-5-7-20(8-6-19)16(22)11-26-17(23)15-2-1-9-27-15/h1-4,9-10H,5-8,11H2. The highest BCUT2D eigenvalue weighted by Crippen LogP contribution is 2.31. The van der Waals surface area contributed by atoms with Crippen LogP contribution in [0.15, 0.2) is 35.7 Å². The number of nitro benzene ring substituents is 1. The van der Waals surface area contributed by atoms with Crippen molar-refractivity contribution in [3.8, 4) is 0 Å². The Hall–Kier alpha value is -2.65. The number of esters is 1. The van der Waals surface area contributed by atoms with Gasteiger partial charge in [0.1, 0.15) is 10.6 Å². The fraction of sp³-hybridized carbons (Fsp3) is 0.294. The number of nitrogens with zero attached hydrogens (tertiary/aromatic N) is 3. The third-order valence-corrected chi connectivity index (χ3v) is 5.24. The van der Waals surface area contributed by atoms with Crippen LogP contribution in [0.4, 0.5) is 11.4 Å². The Morgan fingerprint density at radius 3 is 2.59 bits per heavy atom. The zero-order valence-electron chi connectivity index (χ0n) is 14.2. The predicted octanol–water partition coefficient (Wildman–Crippen LogP) is 2.82. The first-order valence-corrected chi connectivity index (χ1v) is 9.39. The zero-order chi connectivity index (χ0) is 19.4. The van der Waals surface area contributed by atoms with E-state index >= 15 is 0 Å². The van der Waals surface area contributed by atoms with E-state index in [1.165, 1.54) is 17.4 Å². The number of halogens is 1. The number of nitro groups is 1. The van der Waals surface area contributed by atoms with E-state index < -0.39 is 10.9 Å². The third-order valence-electron chi connectivity index (χ3n) is 4.16. The van der Waals surface area contributed by atoms with E-state index in [9.17, 15) is 19.7 Å². The molecule has 1 aliphatic heterocycles. The molecular weight excluding hydrogens is 394 g/mol. The predicted molar refractivity (Wildman–Crippen MR) is 102 cm³/mol. The molecule has 0 aliphatic carbocycles. The van der Waals surface area contributed by atoms with E-state index in [2.05, 4.69) is 0 Å². The van der Waals surface area contributed by atoms with Crippen molar-refractivity contribution in [1.29, 1.82) is 0 Å². The van der Waals surface area contributed by atoms with Gasteiger partial charge in [-0.3, -0.25) is 14.9 Å². The number of ether oxygens (including phenoxy) is 1. The second-order valence-corrected chi connectivity index (χ2v) is 7.20. The molecule has 0 saturated carbocycles. The van der Waals surface area contributed by atoms with Gasteiger partial charge in [0.05, 0.1) is 4.92 Å². The maximum atomic E-state index is 12.2. The minimum Gasteiger partial charge on any atom is -0.451 e. The fourth-order valence-corrected chi connectivity index (χ4v) is 3.57. The van der Waals surface area contributed by atoms with E-state index in [-0.39, 0.29) is 18.2 Å². The van der Waals surface area contributed by atoms with Crippen LogP contribution in [0.2, 0.25) is 5.02 Å². The second-order valence-electron chi connectivity index (χ2n) is 5.81. The Labute approximate surface area is 164 Å². The molecule has 1 amide bonds. The van der Waals surface area contributed by atoms with Crippen molar-refractivity contribution >= 4 is 46.2 Å². The summed E-state index contributed by atoms with van der Waals surface area (Å²) in [4.78, 5) is 38.7. The molecule has 8 nitrogen and oxygen atoms in total. The van der Waals surface area contributed by atoms with E-state index in [4.69, 9.17) is 16.3 Å². The van der Waals surface area contributed by atoms with Crippen molar-refractivity contribution in [2.45, 2.75) is 0 Å². The molecule has 1 aromatic heterocycles. The molecular formula is C17H16ClN3O5S. The molecule has 1 fully saturated rings. The first kappa shape index (κ1) is 19.1. The van der Waals surface area contributed by atoms with E-state index in [0.29, 0.717) is 41.8 Å². The lowest BCUT2D eigenvalue weighted by atomic mass is 10.2. The van der Waals surface area contributed by atoms with Crippen molar-refractivity contribution in [2.24, 2.45) is 0 Å². The number of hydrogen-bond acceptors (Lipinski definition) is 7. The summed E-state index contributed by atoms with van der Waals surface area (Å²) in [6.45, 7) is 1.32. The number of piperazine rings is 1. The van der Waals surface area contributed by atoms with Crippen molar-refractivity contribution in [3.63, 3.8) is 0 Å². The van der Waals surface area contributed by atoms with Gasteiger partial charge in [-0.2, -0.15) is 0 Å². The molecule has 27 heavy (non-hydrogen) atoms. The molecule has 2 heterocycles. The monoisotopic (exact) mass is 409 g/mol. The summed E-state index contributed by atoms with van der Waals surface area (Å²) in [7, 11) is 0. The number of hydrogen-bond donors (Lipinski definition) is 0. The summed E-state index contributed by atoms with van der Waals surface area (Å²) in [6.07, 6.45) is 0. The Bertz CT molecular complexity index is 850. The van der Waals surface area contributed by atoms with Crippen molar-refractivity contribution in [2.75, 3.05) is 37.7 Å². The molecule has 0 spiro atoms. The van der Waals surface area contributed by atoms with Gasteiger partial charge in [-0.05, 0) is 23.6 Å². The summed E-state index contributed by atoms with van der Waals surface area (Å²) in [5.74, 6) is -0.807. The molecule has 0 atom stereocenters. The topological polar surface area (TPSA) is 93.0 Å². The lowest BCUT2D eigenvalue weighted by molar-refractivity contribution is -0.384. The van der Waals surface area contributed by atoms with E-state index in [0.717, 1.165) is 0 Å². The number of carbonyl (C=O) groups excluding carboxylic acids is 2. The van der Waals surface area contributed by atoms with Gasteiger partial charge in [0.25, 0.3) is 11.6 Å². The van der Waals surface area contributed by atoms with Gasteiger partial charge in [-0.1, -0.05) is 17.7 Å². The van der Waals surface area contributed by atoms with Crippen LogP contribution in [-0.4, -0.2) is 54.5 Å². The van der Waals surface area contributed by atoms with Crippen LogP contribution in [0, 0.1) is 10.1 Å². The van der Waals surface area contributed by atoms with Crippen molar-refractivity contribution in [1.82, 2.24) is 4.90 Å². The fourth-order valence-electron chi connectivity index (χ4n) is 2.79.